The summed E-state index contributed by atoms with van der Waals surface area (Å²) in [4.78, 5) is 24.9. The van der Waals surface area contributed by atoms with Gasteiger partial charge in [-0.05, 0) is 57.8 Å². The van der Waals surface area contributed by atoms with Gasteiger partial charge in [0.05, 0.1) is 19.4 Å². The van der Waals surface area contributed by atoms with Crippen LogP contribution in [0.2, 0.25) is 0 Å². The summed E-state index contributed by atoms with van der Waals surface area (Å²) in [6.07, 6.45) is 1.87. The van der Waals surface area contributed by atoms with E-state index in [9.17, 15) is 27.2 Å². The van der Waals surface area contributed by atoms with Gasteiger partial charge in [-0.1, -0.05) is 6.58 Å². The Morgan fingerprint density at radius 1 is 1.03 bits per heavy atom. The van der Waals surface area contributed by atoms with Crippen molar-refractivity contribution in [1.82, 2.24) is 0 Å². The van der Waals surface area contributed by atoms with E-state index in [0.29, 0.717) is 18.8 Å². The number of ether oxygens (including phenoxy) is 2. The van der Waals surface area contributed by atoms with Crippen LogP contribution in [0.1, 0.15) is 65.2 Å². The summed E-state index contributed by atoms with van der Waals surface area (Å²) in [5, 5.41) is 0. The SMILES string of the molecule is C=C(C)C(=O)OC1(CC(=O)OCCC(F)(F)CC(C)(F)F)C2CC3CC(C2)CC1C3. The molecule has 0 spiro atoms. The lowest BCUT2D eigenvalue weighted by atomic mass is 9.49. The molecule has 0 N–H and O–H groups in total. The Morgan fingerprint density at radius 3 is 2.03 bits per heavy atom. The standard InChI is InChI=1S/C22H30F4O4/c1-13(2)19(28)30-22(16-7-14-6-15(9-16)10-17(22)8-14)11-18(27)29-5-4-21(25,26)12-20(3,23)24/h14-17H,1,4-12H2,2-3H3. The highest BCUT2D eigenvalue weighted by Crippen LogP contribution is 2.60. The molecule has 4 aliphatic rings. The van der Waals surface area contributed by atoms with E-state index < -0.39 is 48.8 Å². The van der Waals surface area contributed by atoms with E-state index >= 15 is 0 Å². The average Bonchev–Trinajstić information content (AvgIpc) is 2.56. The molecule has 4 nitrogen and oxygen atoms in total. The van der Waals surface area contributed by atoms with Crippen molar-refractivity contribution in [2.45, 2.75) is 82.7 Å². The number of carbonyl (C=O) groups is 2. The van der Waals surface area contributed by atoms with Crippen molar-refractivity contribution in [2.75, 3.05) is 6.61 Å². The Morgan fingerprint density at radius 2 is 1.57 bits per heavy atom. The highest BCUT2D eigenvalue weighted by Gasteiger charge is 2.60. The second-order valence-corrected chi connectivity index (χ2v) is 9.68. The van der Waals surface area contributed by atoms with Crippen molar-refractivity contribution in [2.24, 2.45) is 23.7 Å². The Bertz CT molecular complexity index is 670. The Hall–Kier alpha value is -1.60. The molecule has 0 unspecified atom stereocenters. The summed E-state index contributed by atoms with van der Waals surface area (Å²) in [5.74, 6) is -7.25. The van der Waals surface area contributed by atoms with Crippen molar-refractivity contribution in [3.8, 4) is 0 Å². The number of carbonyl (C=O) groups excluding carboxylic acids is 2. The van der Waals surface area contributed by atoms with Crippen LogP contribution in [0.5, 0.6) is 0 Å². The summed E-state index contributed by atoms with van der Waals surface area (Å²) in [6.45, 7) is 4.93. The van der Waals surface area contributed by atoms with Crippen LogP contribution in [0.3, 0.4) is 0 Å². The van der Waals surface area contributed by atoms with Gasteiger partial charge >= 0.3 is 11.9 Å². The normalized spacial score (nSPS) is 32.7. The Balaban J connectivity index is 1.65. The zero-order valence-corrected chi connectivity index (χ0v) is 17.5. The van der Waals surface area contributed by atoms with Gasteiger partial charge in [-0.15, -0.1) is 0 Å². The van der Waals surface area contributed by atoms with Crippen LogP contribution in [0.25, 0.3) is 0 Å². The summed E-state index contributed by atoms with van der Waals surface area (Å²) in [7, 11) is 0. The summed E-state index contributed by atoms with van der Waals surface area (Å²) in [6, 6.07) is 0. The maximum absolute atomic E-state index is 13.7. The zero-order chi connectivity index (χ0) is 22.3. The first-order chi connectivity index (χ1) is 13.8. The van der Waals surface area contributed by atoms with Crippen LogP contribution < -0.4 is 0 Å². The number of rotatable bonds is 9. The average molecular weight is 434 g/mol. The highest BCUT2D eigenvalue weighted by atomic mass is 19.3. The lowest BCUT2D eigenvalue weighted by molar-refractivity contribution is -0.212. The Kier molecular flexibility index (Phi) is 6.27. The minimum Gasteiger partial charge on any atom is -0.465 e. The van der Waals surface area contributed by atoms with Crippen LogP contribution in [0, 0.1) is 23.7 Å². The van der Waals surface area contributed by atoms with E-state index in [-0.39, 0.29) is 23.8 Å². The van der Waals surface area contributed by atoms with E-state index in [1.165, 1.54) is 13.3 Å². The highest BCUT2D eigenvalue weighted by molar-refractivity contribution is 5.87. The van der Waals surface area contributed by atoms with Crippen molar-refractivity contribution in [1.29, 1.82) is 0 Å². The largest absolute Gasteiger partial charge is 0.465 e. The topological polar surface area (TPSA) is 52.6 Å². The fourth-order valence-electron chi connectivity index (χ4n) is 5.87. The molecule has 4 fully saturated rings. The first-order valence-electron chi connectivity index (χ1n) is 10.6. The van der Waals surface area contributed by atoms with E-state index in [2.05, 4.69) is 6.58 Å². The minimum atomic E-state index is -3.63. The third-order valence-corrected chi connectivity index (χ3v) is 6.87. The van der Waals surface area contributed by atoms with Crippen LogP contribution in [0.15, 0.2) is 12.2 Å². The molecule has 0 aromatic rings. The first-order valence-corrected chi connectivity index (χ1v) is 10.6. The van der Waals surface area contributed by atoms with Crippen LogP contribution in [-0.2, 0) is 19.1 Å². The predicted molar refractivity (Wildman–Crippen MR) is 101 cm³/mol. The van der Waals surface area contributed by atoms with E-state index in [1.807, 2.05) is 0 Å². The summed E-state index contributed by atoms with van der Waals surface area (Å²) in [5.41, 5.74) is -0.767. The van der Waals surface area contributed by atoms with Gasteiger partial charge in [-0.2, -0.15) is 0 Å². The Labute approximate surface area is 174 Å². The quantitative estimate of drug-likeness (QED) is 0.281. The number of hydrogen-bond acceptors (Lipinski definition) is 4. The molecule has 4 bridgehead atoms. The maximum atomic E-state index is 13.7. The second kappa shape index (κ2) is 8.15. The molecule has 4 saturated carbocycles. The smallest absolute Gasteiger partial charge is 0.333 e. The number of hydrogen-bond donors (Lipinski definition) is 0. The lowest BCUT2D eigenvalue weighted by Crippen LogP contribution is -2.60. The van der Waals surface area contributed by atoms with Crippen molar-refractivity contribution < 1.29 is 36.6 Å². The predicted octanol–water partition coefficient (Wildman–Crippen LogP) is 5.30. The van der Waals surface area contributed by atoms with Crippen LogP contribution in [0.4, 0.5) is 17.6 Å². The molecular formula is C22H30F4O4. The molecule has 8 heteroatoms. The molecule has 4 aliphatic carbocycles. The molecular weight excluding hydrogens is 404 g/mol. The fraction of sp³-hybridized carbons (Fsp3) is 0.818. The molecule has 170 valence electrons. The number of alkyl halides is 4. The minimum absolute atomic E-state index is 0.0322. The third kappa shape index (κ3) is 5.17. The van der Waals surface area contributed by atoms with Gasteiger partial charge in [0.2, 0.25) is 0 Å². The van der Waals surface area contributed by atoms with Gasteiger partial charge in [-0.25, -0.2) is 22.4 Å². The molecule has 0 atom stereocenters. The molecule has 0 saturated heterocycles. The molecule has 0 heterocycles. The molecule has 30 heavy (non-hydrogen) atoms. The molecule has 0 aliphatic heterocycles. The van der Waals surface area contributed by atoms with Gasteiger partial charge < -0.3 is 9.47 Å². The summed E-state index contributed by atoms with van der Waals surface area (Å²) < 4.78 is 63.9. The fourth-order valence-corrected chi connectivity index (χ4v) is 5.87. The van der Waals surface area contributed by atoms with Crippen LogP contribution in [-0.4, -0.2) is 36.0 Å². The second-order valence-electron chi connectivity index (χ2n) is 9.68. The van der Waals surface area contributed by atoms with Gasteiger partial charge in [-0.3, -0.25) is 4.79 Å². The lowest BCUT2D eigenvalue weighted by Gasteiger charge is -2.59. The van der Waals surface area contributed by atoms with Crippen molar-refractivity contribution >= 4 is 11.9 Å². The van der Waals surface area contributed by atoms with E-state index in [4.69, 9.17) is 9.47 Å². The molecule has 0 radical (unpaired) electrons. The third-order valence-electron chi connectivity index (χ3n) is 6.87. The van der Waals surface area contributed by atoms with E-state index in [0.717, 1.165) is 25.7 Å². The summed E-state index contributed by atoms with van der Waals surface area (Å²) >= 11 is 0. The van der Waals surface area contributed by atoms with Gasteiger partial charge in [0.1, 0.15) is 5.60 Å². The number of esters is 2. The van der Waals surface area contributed by atoms with Gasteiger partial charge in [0.25, 0.3) is 11.8 Å². The van der Waals surface area contributed by atoms with Crippen molar-refractivity contribution in [3.05, 3.63) is 12.2 Å². The first kappa shape index (κ1) is 23.1. The zero-order valence-electron chi connectivity index (χ0n) is 17.5. The molecule has 0 aromatic carbocycles. The van der Waals surface area contributed by atoms with Crippen LogP contribution >= 0.6 is 0 Å². The van der Waals surface area contributed by atoms with E-state index in [1.54, 1.807) is 0 Å². The maximum Gasteiger partial charge on any atom is 0.333 e. The molecule has 4 rings (SSSR count). The molecule has 0 aromatic heterocycles. The van der Waals surface area contributed by atoms with Gasteiger partial charge in [0, 0.05) is 23.8 Å². The van der Waals surface area contributed by atoms with Gasteiger partial charge in [0.15, 0.2) is 0 Å². The number of halogens is 4. The monoisotopic (exact) mass is 434 g/mol. The molecule has 0 amide bonds. The van der Waals surface area contributed by atoms with Crippen molar-refractivity contribution in [3.63, 3.8) is 0 Å².